The van der Waals surface area contributed by atoms with E-state index in [2.05, 4.69) is 21.7 Å². The van der Waals surface area contributed by atoms with Gasteiger partial charge in [-0.15, -0.1) is 11.3 Å². The summed E-state index contributed by atoms with van der Waals surface area (Å²) in [5.41, 5.74) is 4.72. The van der Waals surface area contributed by atoms with Gasteiger partial charge in [-0.1, -0.05) is 54.1 Å². The van der Waals surface area contributed by atoms with Crippen LogP contribution < -0.4 is 4.80 Å². The molecule has 0 fully saturated rings. The topological polar surface area (TPSA) is 76.2 Å². The van der Waals surface area contributed by atoms with Crippen LogP contribution in [0.4, 0.5) is 11.4 Å². The maximum absolute atomic E-state index is 11.3. The van der Waals surface area contributed by atoms with E-state index in [1.807, 2.05) is 54.0 Å². The maximum atomic E-state index is 11.3. The molecule has 0 saturated heterocycles. The van der Waals surface area contributed by atoms with E-state index < -0.39 is 0 Å². The summed E-state index contributed by atoms with van der Waals surface area (Å²) < 4.78 is 2.11. The van der Waals surface area contributed by atoms with Gasteiger partial charge in [0.15, 0.2) is 4.80 Å². The van der Waals surface area contributed by atoms with Crippen molar-refractivity contribution in [3.8, 4) is 11.3 Å². The molecule has 0 spiro atoms. The lowest BCUT2D eigenvalue weighted by atomic mass is 10.1. The molecule has 0 aliphatic rings. The molecule has 6 nitrogen and oxygen atoms in total. The van der Waals surface area contributed by atoms with Crippen molar-refractivity contribution in [3.05, 3.63) is 110 Å². The molecule has 1 N–H and O–H groups in total. The summed E-state index contributed by atoms with van der Waals surface area (Å²) in [5, 5.41) is 15.1. The number of halogens is 1. The van der Waals surface area contributed by atoms with Crippen molar-refractivity contribution in [2.45, 2.75) is 13.0 Å². The smallest absolute Gasteiger partial charge is 0.270 e. The molecule has 0 aliphatic heterocycles. The molecule has 2 aromatic heterocycles. The van der Waals surface area contributed by atoms with Gasteiger partial charge in [-0.3, -0.25) is 10.1 Å². The van der Waals surface area contributed by atoms with E-state index in [9.17, 15) is 10.1 Å². The highest BCUT2D eigenvalue weighted by Crippen LogP contribution is 2.27. The standard InChI is InChI=1S/C25H19ClN4O2S/c26-21-9-2-4-11-23(21)28-25-29(13-12-18-15-27-22-10-3-1-8-20(18)22)24(16-33-25)17-6-5-7-19(14-17)30(31)32/h1-11,14-16,27H,12-13H2. The molecule has 0 radical (unpaired) electrons. The van der Waals surface area contributed by atoms with Crippen molar-refractivity contribution in [2.24, 2.45) is 4.99 Å². The van der Waals surface area contributed by atoms with Crippen LogP contribution in [0.3, 0.4) is 0 Å². The third kappa shape index (κ3) is 4.33. The van der Waals surface area contributed by atoms with Crippen LogP contribution in [0, 0.1) is 10.1 Å². The van der Waals surface area contributed by atoms with Crippen molar-refractivity contribution in [1.29, 1.82) is 0 Å². The molecule has 0 aliphatic carbocycles. The zero-order valence-corrected chi connectivity index (χ0v) is 19.0. The SMILES string of the molecule is O=[N+]([O-])c1cccc(-c2csc(=Nc3ccccc3Cl)n2CCc2c[nH]c3ccccc23)c1. The van der Waals surface area contributed by atoms with Gasteiger partial charge in [-0.05, 0) is 30.2 Å². The lowest BCUT2D eigenvalue weighted by molar-refractivity contribution is -0.384. The molecule has 33 heavy (non-hydrogen) atoms. The van der Waals surface area contributed by atoms with E-state index in [0.717, 1.165) is 28.0 Å². The Balaban J connectivity index is 1.60. The molecule has 164 valence electrons. The minimum atomic E-state index is -0.374. The third-order valence-electron chi connectivity index (χ3n) is 5.50. The minimum absolute atomic E-state index is 0.0615. The first kappa shape index (κ1) is 21.2. The second-order valence-corrected chi connectivity index (χ2v) is 8.78. The number of nitrogens with zero attached hydrogens (tertiary/aromatic N) is 3. The van der Waals surface area contributed by atoms with Gasteiger partial charge in [-0.2, -0.15) is 0 Å². The second-order valence-electron chi connectivity index (χ2n) is 7.54. The number of non-ortho nitro benzene ring substituents is 1. The third-order valence-corrected chi connectivity index (χ3v) is 6.68. The van der Waals surface area contributed by atoms with Gasteiger partial charge >= 0.3 is 0 Å². The summed E-state index contributed by atoms with van der Waals surface area (Å²) in [4.78, 5) is 19.9. The highest BCUT2D eigenvalue weighted by molar-refractivity contribution is 7.07. The Labute approximate surface area is 198 Å². The van der Waals surface area contributed by atoms with Crippen molar-refractivity contribution in [2.75, 3.05) is 0 Å². The highest BCUT2D eigenvalue weighted by atomic mass is 35.5. The normalized spacial score (nSPS) is 11.8. The van der Waals surface area contributed by atoms with Crippen LogP contribution in [-0.2, 0) is 13.0 Å². The van der Waals surface area contributed by atoms with Gasteiger partial charge < -0.3 is 9.55 Å². The highest BCUT2D eigenvalue weighted by Gasteiger charge is 2.14. The second kappa shape index (κ2) is 9.05. The Morgan fingerprint density at radius 2 is 1.88 bits per heavy atom. The predicted molar refractivity (Wildman–Crippen MR) is 133 cm³/mol. The molecule has 0 bridgehead atoms. The van der Waals surface area contributed by atoms with Crippen LogP contribution in [0.1, 0.15) is 5.56 Å². The Morgan fingerprint density at radius 3 is 2.73 bits per heavy atom. The maximum Gasteiger partial charge on any atom is 0.270 e. The fraction of sp³-hybridized carbons (Fsp3) is 0.0800. The Kier molecular flexibility index (Phi) is 5.81. The number of aryl methyl sites for hydroxylation is 1. The summed E-state index contributed by atoms with van der Waals surface area (Å²) in [6.07, 6.45) is 2.81. The number of para-hydroxylation sites is 2. The van der Waals surface area contributed by atoms with Crippen molar-refractivity contribution in [3.63, 3.8) is 0 Å². The number of hydrogen-bond acceptors (Lipinski definition) is 4. The quantitative estimate of drug-likeness (QED) is 0.218. The number of thiazole rings is 1. The molecule has 5 rings (SSSR count). The van der Waals surface area contributed by atoms with Crippen LogP contribution >= 0.6 is 22.9 Å². The fourth-order valence-corrected chi connectivity index (χ4v) is 4.99. The Bertz CT molecular complexity index is 1530. The number of nitro benzene ring substituents is 1. The predicted octanol–water partition coefficient (Wildman–Crippen LogP) is 6.73. The number of nitro groups is 1. The zero-order valence-electron chi connectivity index (χ0n) is 17.4. The number of aromatic amines is 1. The van der Waals surface area contributed by atoms with Gasteiger partial charge in [0.05, 0.1) is 21.3 Å². The van der Waals surface area contributed by atoms with Gasteiger partial charge in [0.25, 0.3) is 5.69 Å². The van der Waals surface area contributed by atoms with Gasteiger partial charge in [0.2, 0.25) is 0 Å². The molecule has 8 heteroatoms. The largest absolute Gasteiger partial charge is 0.361 e. The average molecular weight is 475 g/mol. The fourth-order valence-electron chi connectivity index (χ4n) is 3.86. The number of hydrogen-bond donors (Lipinski definition) is 1. The van der Waals surface area contributed by atoms with Gasteiger partial charge in [0, 0.05) is 46.7 Å². The first-order valence-electron chi connectivity index (χ1n) is 10.4. The summed E-state index contributed by atoms with van der Waals surface area (Å²) >= 11 is 7.84. The number of benzene rings is 3. The van der Waals surface area contributed by atoms with Crippen molar-refractivity contribution in [1.82, 2.24) is 9.55 Å². The summed E-state index contributed by atoms with van der Waals surface area (Å²) in [6, 6.07) is 22.4. The van der Waals surface area contributed by atoms with Crippen LogP contribution in [0.15, 0.2) is 89.4 Å². The van der Waals surface area contributed by atoms with E-state index in [-0.39, 0.29) is 10.6 Å². The lowest BCUT2D eigenvalue weighted by Gasteiger charge is -2.09. The molecule has 0 atom stereocenters. The van der Waals surface area contributed by atoms with Crippen molar-refractivity contribution < 1.29 is 4.92 Å². The van der Waals surface area contributed by atoms with Gasteiger partial charge in [0.1, 0.15) is 0 Å². The summed E-state index contributed by atoms with van der Waals surface area (Å²) in [7, 11) is 0. The molecule has 0 unspecified atom stereocenters. The summed E-state index contributed by atoms with van der Waals surface area (Å²) in [6.45, 7) is 0.659. The van der Waals surface area contributed by atoms with Crippen LogP contribution in [0.5, 0.6) is 0 Å². The molecule has 3 aromatic carbocycles. The zero-order chi connectivity index (χ0) is 22.8. The van der Waals surface area contributed by atoms with Crippen molar-refractivity contribution >= 4 is 45.2 Å². The van der Waals surface area contributed by atoms with Crippen LogP contribution in [-0.4, -0.2) is 14.5 Å². The van der Waals surface area contributed by atoms with E-state index >= 15 is 0 Å². The average Bonchev–Trinajstić information content (AvgIpc) is 3.43. The lowest BCUT2D eigenvalue weighted by Crippen LogP contribution is -2.17. The molecule has 5 aromatic rings. The number of nitrogens with one attached hydrogen (secondary N) is 1. The molecule has 0 amide bonds. The molecule has 2 heterocycles. The van der Waals surface area contributed by atoms with E-state index in [0.29, 0.717) is 17.3 Å². The number of fused-ring (bicyclic) bond motifs is 1. The van der Waals surface area contributed by atoms with E-state index in [4.69, 9.17) is 16.6 Å². The molecule has 0 saturated carbocycles. The summed E-state index contributed by atoms with van der Waals surface area (Å²) in [5.74, 6) is 0. The monoisotopic (exact) mass is 474 g/mol. The first-order valence-corrected chi connectivity index (χ1v) is 11.6. The Morgan fingerprint density at radius 1 is 1.06 bits per heavy atom. The number of rotatable bonds is 6. The van der Waals surface area contributed by atoms with Crippen LogP contribution in [0.25, 0.3) is 22.2 Å². The molecular weight excluding hydrogens is 456 g/mol. The molecular formula is C25H19ClN4O2S. The van der Waals surface area contributed by atoms with E-state index in [1.165, 1.54) is 28.4 Å². The van der Waals surface area contributed by atoms with Gasteiger partial charge in [-0.25, -0.2) is 4.99 Å². The first-order chi connectivity index (χ1) is 16.1. The minimum Gasteiger partial charge on any atom is -0.361 e. The Hall–Kier alpha value is -3.68. The number of H-pyrrole nitrogens is 1. The van der Waals surface area contributed by atoms with Crippen LogP contribution in [0.2, 0.25) is 5.02 Å². The van der Waals surface area contributed by atoms with E-state index in [1.54, 1.807) is 12.1 Å². The number of aromatic nitrogens is 2.